The van der Waals surface area contributed by atoms with Crippen LogP contribution in [-0.2, 0) is 4.79 Å². The fraction of sp³-hybridized carbons (Fsp3) is 0.632. The number of aliphatic hydroxyl groups is 1. The second-order valence-electron chi connectivity index (χ2n) is 6.61. The molecule has 1 fully saturated rings. The molecule has 4 heteroatoms. The van der Waals surface area contributed by atoms with Crippen LogP contribution < -0.4 is 0 Å². The molecule has 1 amide bonds. The normalized spacial score (nSPS) is 17.9. The van der Waals surface area contributed by atoms with Gasteiger partial charge in [0.15, 0.2) is 0 Å². The van der Waals surface area contributed by atoms with Gasteiger partial charge in [0.05, 0.1) is 6.10 Å². The molecule has 0 radical (unpaired) electrons. The minimum atomic E-state index is -0.448. The number of hydrogen-bond donors (Lipinski definition) is 1. The monoisotopic (exact) mass is 318 g/mol. The molecule has 0 spiro atoms. The summed E-state index contributed by atoms with van der Waals surface area (Å²) in [6.07, 6.45) is 3.54. The summed E-state index contributed by atoms with van der Waals surface area (Å²) in [4.78, 5) is 16.6. The van der Waals surface area contributed by atoms with E-state index in [0.29, 0.717) is 12.5 Å². The van der Waals surface area contributed by atoms with Crippen LogP contribution in [0.4, 0.5) is 0 Å². The molecule has 1 aromatic carbocycles. The average Bonchev–Trinajstić information content (AvgIpc) is 2.60. The highest BCUT2D eigenvalue weighted by atomic mass is 16.3. The van der Waals surface area contributed by atoms with Crippen LogP contribution in [0.5, 0.6) is 0 Å². The van der Waals surface area contributed by atoms with Crippen LogP contribution in [0.3, 0.4) is 0 Å². The minimum Gasteiger partial charge on any atom is -0.387 e. The summed E-state index contributed by atoms with van der Waals surface area (Å²) in [5.74, 6) is 0.448. The predicted octanol–water partition coefficient (Wildman–Crippen LogP) is 2.69. The molecule has 1 unspecified atom stereocenters. The van der Waals surface area contributed by atoms with E-state index in [1.54, 1.807) is 0 Å². The Kier molecular flexibility index (Phi) is 7.06. The number of amides is 1. The highest BCUT2D eigenvalue weighted by Crippen LogP contribution is 2.22. The smallest absolute Gasteiger partial charge is 0.225 e. The second-order valence-corrected chi connectivity index (χ2v) is 6.61. The highest BCUT2D eigenvalue weighted by molar-refractivity contribution is 5.78. The number of unbranched alkanes of at least 4 members (excludes halogenated alkanes) is 1. The van der Waals surface area contributed by atoms with Crippen molar-refractivity contribution in [1.82, 2.24) is 9.80 Å². The SMILES string of the molecule is CCCCN(C)C(=O)C1CCN(CC(O)c2ccccc2)CC1. The molecule has 1 aromatic rings. The maximum atomic E-state index is 12.4. The van der Waals surface area contributed by atoms with E-state index in [4.69, 9.17) is 0 Å². The Bertz CT molecular complexity index is 470. The van der Waals surface area contributed by atoms with Crippen molar-refractivity contribution in [2.24, 2.45) is 5.92 Å². The van der Waals surface area contributed by atoms with Gasteiger partial charge in [-0.15, -0.1) is 0 Å². The second kappa shape index (κ2) is 9.04. The molecule has 0 aromatic heterocycles. The molecule has 2 rings (SSSR count). The van der Waals surface area contributed by atoms with E-state index in [1.807, 2.05) is 42.3 Å². The van der Waals surface area contributed by atoms with Gasteiger partial charge in [0.25, 0.3) is 0 Å². The van der Waals surface area contributed by atoms with Crippen LogP contribution >= 0.6 is 0 Å². The number of carbonyl (C=O) groups is 1. The number of likely N-dealkylation sites (tertiary alicyclic amines) is 1. The number of β-amino-alcohol motifs (C(OH)–C–C–N with tert-alkyl or cyclic N) is 1. The van der Waals surface area contributed by atoms with Gasteiger partial charge >= 0.3 is 0 Å². The van der Waals surface area contributed by atoms with E-state index in [0.717, 1.165) is 50.9 Å². The topological polar surface area (TPSA) is 43.8 Å². The van der Waals surface area contributed by atoms with Gasteiger partial charge in [-0.25, -0.2) is 0 Å². The molecule has 1 saturated heterocycles. The fourth-order valence-corrected chi connectivity index (χ4v) is 3.20. The fourth-order valence-electron chi connectivity index (χ4n) is 3.20. The van der Waals surface area contributed by atoms with Crippen molar-refractivity contribution in [3.05, 3.63) is 35.9 Å². The molecule has 128 valence electrons. The first kappa shape index (κ1) is 18.0. The molecule has 0 aliphatic carbocycles. The van der Waals surface area contributed by atoms with Gasteiger partial charge in [-0.2, -0.15) is 0 Å². The van der Waals surface area contributed by atoms with Crippen LogP contribution in [0.2, 0.25) is 0 Å². The molecule has 1 aliphatic heterocycles. The molecule has 1 atom stereocenters. The lowest BCUT2D eigenvalue weighted by molar-refractivity contribution is -0.135. The molecular formula is C19H30N2O2. The van der Waals surface area contributed by atoms with E-state index < -0.39 is 6.10 Å². The Hall–Kier alpha value is -1.39. The van der Waals surface area contributed by atoms with Gasteiger partial charge in [0, 0.05) is 26.1 Å². The Morgan fingerprint density at radius 2 is 1.96 bits per heavy atom. The number of aliphatic hydroxyl groups excluding tert-OH is 1. The van der Waals surface area contributed by atoms with Crippen LogP contribution in [-0.4, -0.2) is 54.0 Å². The van der Waals surface area contributed by atoms with Gasteiger partial charge in [-0.3, -0.25) is 4.79 Å². The standard InChI is InChI=1S/C19H30N2O2/c1-3-4-12-20(2)19(23)17-10-13-21(14-11-17)15-18(22)16-8-6-5-7-9-16/h5-9,17-18,22H,3-4,10-15H2,1-2H3. The minimum absolute atomic E-state index is 0.155. The number of hydrogen-bond acceptors (Lipinski definition) is 3. The highest BCUT2D eigenvalue weighted by Gasteiger charge is 2.27. The van der Waals surface area contributed by atoms with E-state index in [9.17, 15) is 9.90 Å². The zero-order valence-electron chi connectivity index (χ0n) is 14.4. The summed E-state index contributed by atoms with van der Waals surface area (Å²) < 4.78 is 0. The molecule has 1 heterocycles. The number of nitrogens with zero attached hydrogens (tertiary/aromatic N) is 2. The molecule has 1 N–H and O–H groups in total. The van der Waals surface area contributed by atoms with Crippen LogP contribution in [0.15, 0.2) is 30.3 Å². The predicted molar refractivity (Wildman–Crippen MR) is 93.1 cm³/mol. The van der Waals surface area contributed by atoms with Gasteiger partial charge < -0.3 is 14.9 Å². The molecule has 23 heavy (non-hydrogen) atoms. The van der Waals surface area contributed by atoms with Crippen molar-refractivity contribution >= 4 is 5.91 Å². The molecule has 1 aliphatic rings. The Morgan fingerprint density at radius 3 is 2.57 bits per heavy atom. The summed E-state index contributed by atoms with van der Waals surface area (Å²) in [6, 6.07) is 9.79. The van der Waals surface area contributed by atoms with E-state index in [1.165, 1.54) is 0 Å². The Labute approximate surface area is 140 Å². The summed E-state index contributed by atoms with van der Waals surface area (Å²) in [7, 11) is 1.92. The van der Waals surface area contributed by atoms with Crippen LogP contribution in [0.1, 0.15) is 44.3 Å². The third kappa shape index (κ3) is 5.33. The van der Waals surface area contributed by atoms with E-state index in [2.05, 4.69) is 11.8 Å². The van der Waals surface area contributed by atoms with E-state index in [-0.39, 0.29) is 5.92 Å². The van der Waals surface area contributed by atoms with Crippen molar-refractivity contribution in [3.8, 4) is 0 Å². The van der Waals surface area contributed by atoms with Gasteiger partial charge in [0.1, 0.15) is 0 Å². The van der Waals surface area contributed by atoms with Crippen molar-refractivity contribution in [3.63, 3.8) is 0 Å². The maximum Gasteiger partial charge on any atom is 0.225 e. The summed E-state index contributed by atoms with van der Waals surface area (Å²) in [6.45, 7) is 5.44. The zero-order chi connectivity index (χ0) is 16.7. The summed E-state index contributed by atoms with van der Waals surface area (Å²) >= 11 is 0. The number of benzene rings is 1. The van der Waals surface area contributed by atoms with E-state index >= 15 is 0 Å². The number of carbonyl (C=O) groups excluding carboxylic acids is 1. The number of rotatable bonds is 7. The van der Waals surface area contributed by atoms with Crippen molar-refractivity contribution < 1.29 is 9.90 Å². The lowest BCUT2D eigenvalue weighted by Crippen LogP contribution is -2.42. The zero-order valence-corrected chi connectivity index (χ0v) is 14.4. The van der Waals surface area contributed by atoms with Gasteiger partial charge in [-0.05, 0) is 37.9 Å². The largest absolute Gasteiger partial charge is 0.387 e. The van der Waals surface area contributed by atoms with Gasteiger partial charge in [0.2, 0.25) is 5.91 Å². The average molecular weight is 318 g/mol. The molecule has 0 bridgehead atoms. The molecular weight excluding hydrogens is 288 g/mol. The first-order valence-electron chi connectivity index (χ1n) is 8.82. The summed E-state index contributed by atoms with van der Waals surface area (Å²) in [5.41, 5.74) is 0.963. The first-order chi connectivity index (χ1) is 11.1. The van der Waals surface area contributed by atoms with Crippen LogP contribution in [0, 0.1) is 5.92 Å². The lowest BCUT2D eigenvalue weighted by Gasteiger charge is -2.34. The van der Waals surface area contributed by atoms with Crippen LogP contribution in [0.25, 0.3) is 0 Å². The number of piperidine rings is 1. The van der Waals surface area contributed by atoms with Crippen molar-refractivity contribution in [1.29, 1.82) is 0 Å². The molecule has 4 nitrogen and oxygen atoms in total. The lowest BCUT2D eigenvalue weighted by atomic mass is 9.94. The third-order valence-electron chi connectivity index (χ3n) is 4.78. The Morgan fingerprint density at radius 1 is 1.30 bits per heavy atom. The maximum absolute atomic E-state index is 12.4. The third-order valence-corrected chi connectivity index (χ3v) is 4.78. The van der Waals surface area contributed by atoms with Gasteiger partial charge in [-0.1, -0.05) is 43.7 Å². The molecule has 0 saturated carbocycles. The first-order valence-corrected chi connectivity index (χ1v) is 8.82. The van der Waals surface area contributed by atoms with Crippen molar-refractivity contribution in [2.75, 3.05) is 33.2 Å². The quantitative estimate of drug-likeness (QED) is 0.840. The summed E-state index contributed by atoms with van der Waals surface area (Å²) in [5, 5.41) is 10.3. The van der Waals surface area contributed by atoms with Crippen molar-refractivity contribution in [2.45, 2.75) is 38.7 Å². The Balaban J connectivity index is 1.76.